The number of unbranched alkanes of at least 4 members (excludes halogenated alkanes) is 12. The molecule has 2 rings (SSSR count). The smallest absolute Gasteiger partial charge is 0.0705 e. The molecule has 1 nitrogen and oxygen atoms in total. The third-order valence-corrected chi connectivity index (χ3v) is 5.19. The van der Waals surface area contributed by atoms with Crippen LogP contribution >= 0.6 is 0 Å². The molecule has 0 saturated carbocycles. The summed E-state index contributed by atoms with van der Waals surface area (Å²) in [6.45, 7) is 2.29. The second-order valence-electron chi connectivity index (χ2n) is 7.49. The molecule has 0 aliphatic carbocycles. The van der Waals surface area contributed by atoms with E-state index in [0.29, 0.717) is 0 Å². The zero-order valence-electron chi connectivity index (χ0n) is 16.3. The second kappa shape index (κ2) is 12.9. The van der Waals surface area contributed by atoms with Gasteiger partial charge in [-0.15, -0.1) is 0 Å². The molecule has 0 saturated heterocycles. The van der Waals surface area contributed by atoms with Gasteiger partial charge in [0.1, 0.15) is 0 Å². The standard InChI is InChI=1S/C24H37N/c1-2-3-4-5-6-7-8-9-10-11-12-13-14-18-23-21-20-22-17-15-16-19-24(22)25-23/h15-17,19-21H,2-14,18H2,1H3. The van der Waals surface area contributed by atoms with E-state index in [9.17, 15) is 0 Å². The fourth-order valence-corrected chi connectivity index (χ4v) is 3.57. The van der Waals surface area contributed by atoms with Crippen LogP contribution in [0.1, 0.15) is 96.1 Å². The molecule has 138 valence electrons. The van der Waals surface area contributed by atoms with E-state index in [4.69, 9.17) is 4.98 Å². The lowest BCUT2D eigenvalue weighted by molar-refractivity contribution is 0.539. The maximum Gasteiger partial charge on any atom is 0.0705 e. The normalized spacial score (nSPS) is 11.2. The Morgan fingerprint density at radius 1 is 0.600 bits per heavy atom. The molecule has 0 aliphatic rings. The van der Waals surface area contributed by atoms with Crippen molar-refractivity contribution in [3.05, 3.63) is 42.1 Å². The summed E-state index contributed by atoms with van der Waals surface area (Å²) >= 11 is 0. The van der Waals surface area contributed by atoms with Crippen LogP contribution in [0.4, 0.5) is 0 Å². The first-order chi connectivity index (χ1) is 12.4. The number of para-hydroxylation sites is 1. The van der Waals surface area contributed by atoms with Gasteiger partial charge < -0.3 is 0 Å². The Bertz CT molecular complexity index is 575. The Morgan fingerprint density at radius 3 is 1.80 bits per heavy atom. The van der Waals surface area contributed by atoms with Gasteiger partial charge in [-0.25, -0.2) is 0 Å². The van der Waals surface area contributed by atoms with Crippen LogP contribution in [0.15, 0.2) is 36.4 Å². The van der Waals surface area contributed by atoms with Gasteiger partial charge in [0.2, 0.25) is 0 Å². The summed E-state index contributed by atoms with van der Waals surface area (Å²) in [6.07, 6.45) is 19.5. The summed E-state index contributed by atoms with van der Waals surface area (Å²) in [5.74, 6) is 0. The molecule has 2 aromatic rings. The second-order valence-corrected chi connectivity index (χ2v) is 7.49. The van der Waals surface area contributed by atoms with E-state index in [1.807, 2.05) is 0 Å². The monoisotopic (exact) mass is 339 g/mol. The van der Waals surface area contributed by atoms with Crippen LogP contribution in [0.25, 0.3) is 10.9 Å². The zero-order chi connectivity index (χ0) is 17.6. The lowest BCUT2D eigenvalue weighted by atomic mass is 10.0. The van der Waals surface area contributed by atoms with E-state index < -0.39 is 0 Å². The lowest BCUT2D eigenvalue weighted by Crippen LogP contribution is -1.91. The van der Waals surface area contributed by atoms with Gasteiger partial charge in [0.25, 0.3) is 0 Å². The number of aryl methyl sites for hydroxylation is 1. The Morgan fingerprint density at radius 2 is 1.16 bits per heavy atom. The summed E-state index contributed by atoms with van der Waals surface area (Å²) in [6, 6.07) is 12.8. The van der Waals surface area contributed by atoms with E-state index >= 15 is 0 Å². The van der Waals surface area contributed by atoms with Gasteiger partial charge in [-0.2, -0.15) is 0 Å². The maximum absolute atomic E-state index is 4.77. The number of hydrogen-bond acceptors (Lipinski definition) is 1. The average molecular weight is 340 g/mol. The molecular weight excluding hydrogens is 302 g/mol. The van der Waals surface area contributed by atoms with Crippen molar-refractivity contribution in [3.8, 4) is 0 Å². The van der Waals surface area contributed by atoms with Crippen molar-refractivity contribution in [2.75, 3.05) is 0 Å². The maximum atomic E-state index is 4.77. The van der Waals surface area contributed by atoms with Gasteiger partial charge in [-0.1, -0.05) is 108 Å². The summed E-state index contributed by atoms with van der Waals surface area (Å²) in [7, 11) is 0. The predicted octanol–water partition coefficient (Wildman–Crippen LogP) is 7.87. The van der Waals surface area contributed by atoms with Crippen LogP contribution in [0.2, 0.25) is 0 Å². The Hall–Kier alpha value is -1.37. The van der Waals surface area contributed by atoms with Crippen molar-refractivity contribution < 1.29 is 0 Å². The van der Waals surface area contributed by atoms with Gasteiger partial charge in [-0.05, 0) is 25.0 Å². The first kappa shape index (κ1) is 19.9. The van der Waals surface area contributed by atoms with Gasteiger partial charge in [-0.3, -0.25) is 4.98 Å². The van der Waals surface area contributed by atoms with E-state index in [1.165, 1.54) is 94.6 Å². The minimum atomic E-state index is 1.13. The number of hydrogen-bond donors (Lipinski definition) is 0. The van der Waals surface area contributed by atoms with E-state index in [-0.39, 0.29) is 0 Å². The molecule has 0 bridgehead atoms. The topological polar surface area (TPSA) is 12.9 Å². The van der Waals surface area contributed by atoms with Crippen molar-refractivity contribution in [2.45, 2.75) is 96.8 Å². The van der Waals surface area contributed by atoms with Crippen molar-refractivity contribution in [2.24, 2.45) is 0 Å². The van der Waals surface area contributed by atoms with Crippen molar-refractivity contribution in [3.63, 3.8) is 0 Å². The van der Waals surface area contributed by atoms with Gasteiger partial charge in [0, 0.05) is 11.1 Å². The molecule has 0 aliphatic heterocycles. The summed E-state index contributed by atoms with van der Waals surface area (Å²) in [5, 5.41) is 1.25. The number of rotatable bonds is 14. The highest BCUT2D eigenvalue weighted by atomic mass is 14.7. The largest absolute Gasteiger partial charge is 0.253 e. The molecule has 1 aromatic heterocycles. The van der Waals surface area contributed by atoms with Crippen molar-refractivity contribution in [1.82, 2.24) is 4.98 Å². The number of pyridine rings is 1. The van der Waals surface area contributed by atoms with E-state index in [2.05, 4.69) is 43.3 Å². The highest BCUT2D eigenvalue weighted by Gasteiger charge is 1.99. The molecule has 0 fully saturated rings. The molecule has 1 aromatic carbocycles. The summed E-state index contributed by atoms with van der Waals surface area (Å²) in [4.78, 5) is 4.77. The third-order valence-electron chi connectivity index (χ3n) is 5.19. The number of fused-ring (bicyclic) bond motifs is 1. The summed E-state index contributed by atoms with van der Waals surface area (Å²) in [5.41, 5.74) is 2.39. The van der Waals surface area contributed by atoms with Gasteiger partial charge in [0.05, 0.1) is 5.52 Å². The van der Waals surface area contributed by atoms with Gasteiger partial charge >= 0.3 is 0 Å². The molecule has 0 atom stereocenters. The average Bonchev–Trinajstić information content (AvgIpc) is 2.65. The van der Waals surface area contributed by atoms with Crippen LogP contribution in [0, 0.1) is 0 Å². The minimum Gasteiger partial charge on any atom is -0.253 e. The molecule has 0 N–H and O–H groups in total. The first-order valence-corrected chi connectivity index (χ1v) is 10.7. The highest BCUT2D eigenvalue weighted by molar-refractivity contribution is 5.78. The number of aromatic nitrogens is 1. The molecule has 0 amide bonds. The first-order valence-electron chi connectivity index (χ1n) is 10.7. The van der Waals surface area contributed by atoms with Crippen LogP contribution in [-0.4, -0.2) is 4.98 Å². The Labute approximate surface area is 155 Å². The summed E-state index contributed by atoms with van der Waals surface area (Å²) < 4.78 is 0. The fraction of sp³-hybridized carbons (Fsp3) is 0.625. The molecule has 25 heavy (non-hydrogen) atoms. The number of nitrogens with zero attached hydrogens (tertiary/aromatic N) is 1. The van der Waals surface area contributed by atoms with E-state index in [0.717, 1.165) is 11.9 Å². The van der Waals surface area contributed by atoms with E-state index in [1.54, 1.807) is 0 Å². The molecule has 0 unspecified atom stereocenters. The van der Waals surface area contributed by atoms with Gasteiger partial charge in [0.15, 0.2) is 0 Å². The molecule has 0 radical (unpaired) electrons. The molecule has 0 spiro atoms. The minimum absolute atomic E-state index is 1.13. The van der Waals surface area contributed by atoms with Crippen LogP contribution in [0.3, 0.4) is 0 Å². The third kappa shape index (κ3) is 8.52. The lowest BCUT2D eigenvalue weighted by Gasteiger charge is -2.04. The molecular formula is C24H37N. The van der Waals surface area contributed by atoms with Crippen molar-refractivity contribution in [1.29, 1.82) is 0 Å². The highest BCUT2D eigenvalue weighted by Crippen LogP contribution is 2.15. The predicted molar refractivity (Wildman–Crippen MR) is 111 cm³/mol. The van der Waals surface area contributed by atoms with Crippen LogP contribution < -0.4 is 0 Å². The van der Waals surface area contributed by atoms with Crippen molar-refractivity contribution >= 4 is 10.9 Å². The Balaban J connectivity index is 1.43. The zero-order valence-corrected chi connectivity index (χ0v) is 16.3. The Kier molecular flexibility index (Phi) is 10.3. The molecule has 1 heterocycles. The fourth-order valence-electron chi connectivity index (χ4n) is 3.57. The van der Waals surface area contributed by atoms with Crippen LogP contribution in [-0.2, 0) is 6.42 Å². The number of benzene rings is 1. The SMILES string of the molecule is CCCCCCCCCCCCCCCc1ccc2ccccc2n1. The van der Waals surface area contributed by atoms with Crippen LogP contribution in [0.5, 0.6) is 0 Å². The molecule has 1 heteroatoms. The quantitative estimate of drug-likeness (QED) is 0.319.